The summed E-state index contributed by atoms with van der Waals surface area (Å²) >= 11 is 0. The van der Waals surface area contributed by atoms with Gasteiger partial charge in [-0.3, -0.25) is 0 Å². The van der Waals surface area contributed by atoms with Crippen molar-refractivity contribution in [1.29, 1.82) is 5.26 Å². The molecule has 0 unspecified atom stereocenters. The van der Waals surface area contributed by atoms with Crippen LogP contribution in [0.3, 0.4) is 0 Å². The standard InChI is InChI=1S/C76H67BN5O2/c1-73(2,3)46-24-31-67-57(34-46)56-33-45(42-78)21-28-64(56)82(67)53-39-52(81-62-19-15-13-17-54(62)55-18-14-16-20-63(55)81)43-79(44-53)50-26-32-68-61(40-50)77-60-27-25-51(41-69(60)84-71-38-49(76(10,11)12)37-70(83-68)72(71)77)80-65-29-22-47(74(4,5)6)35-58(65)59-36-48(75(7,8)9)23-30-66(59)80/h13-41,43-44H,1-12H3/q+1. The highest BCUT2D eigenvalue weighted by Crippen LogP contribution is 2.43. The summed E-state index contributed by atoms with van der Waals surface area (Å²) in [6.45, 7) is 27.1. The molecule has 13 aromatic rings. The van der Waals surface area contributed by atoms with E-state index >= 15 is 0 Å². The number of nitriles is 1. The van der Waals surface area contributed by atoms with Gasteiger partial charge in [-0.2, -0.15) is 9.83 Å². The number of hydrogen-bond donors (Lipinski definition) is 0. The number of hydrogen-bond acceptors (Lipinski definition) is 3. The van der Waals surface area contributed by atoms with Crippen molar-refractivity contribution >= 4 is 88.5 Å². The van der Waals surface area contributed by atoms with Crippen molar-refractivity contribution in [3.63, 3.8) is 0 Å². The Morgan fingerprint density at radius 2 is 0.821 bits per heavy atom. The van der Waals surface area contributed by atoms with E-state index in [1.54, 1.807) is 0 Å². The molecule has 0 bridgehead atoms. The summed E-state index contributed by atoms with van der Waals surface area (Å²) in [5, 5.41) is 17.3. The summed E-state index contributed by atoms with van der Waals surface area (Å²) in [7, 11) is 0. The summed E-state index contributed by atoms with van der Waals surface area (Å²) < 4.78 is 23.8. The minimum Gasteiger partial charge on any atom is -0.458 e. The van der Waals surface area contributed by atoms with E-state index in [1.807, 2.05) is 12.1 Å². The number of benzene rings is 9. The highest BCUT2D eigenvalue weighted by Gasteiger charge is 2.42. The van der Waals surface area contributed by atoms with Crippen LogP contribution in [-0.2, 0) is 21.7 Å². The van der Waals surface area contributed by atoms with Gasteiger partial charge in [-0.15, -0.1) is 0 Å². The van der Waals surface area contributed by atoms with Gasteiger partial charge < -0.3 is 23.2 Å². The summed E-state index contributed by atoms with van der Waals surface area (Å²) in [6, 6.07) is 67.2. The predicted molar refractivity (Wildman–Crippen MR) is 348 cm³/mol. The summed E-state index contributed by atoms with van der Waals surface area (Å²) in [5.41, 5.74) is 19.3. The third-order valence-corrected chi connectivity index (χ3v) is 18.1. The molecule has 7 nitrogen and oxygen atoms in total. The van der Waals surface area contributed by atoms with Crippen LogP contribution in [0.1, 0.15) is 111 Å². The van der Waals surface area contributed by atoms with Crippen LogP contribution in [0.15, 0.2) is 188 Å². The Bertz CT molecular complexity index is 4910. The van der Waals surface area contributed by atoms with Crippen molar-refractivity contribution in [2.24, 2.45) is 0 Å². The molecule has 15 rings (SSSR count). The molecule has 0 amide bonds. The lowest BCUT2D eigenvalue weighted by atomic mass is 9.34. The van der Waals surface area contributed by atoms with E-state index in [1.165, 1.54) is 49.3 Å². The smallest absolute Gasteiger partial charge is 0.260 e. The van der Waals surface area contributed by atoms with Crippen LogP contribution in [0, 0.1) is 11.3 Å². The van der Waals surface area contributed by atoms with Gasteiger partial charge in [-0.25, -0.2) is 0 Å². The predicted octanol–water partition coefficient (Wildman–Crippen LogP) is 17.0. The molecule has 0 aliphatic carbocycles. The van der Waals surface area contributed by atoms with Crippen LogP contribution in [0.5, 0.6) is 23.0 Å². The molecule has 8 heteroatoms. The van der Waals surface area contributed by atoms with E-state index in [-0.39, 0.29) is 28.4 Å². The Balaban J connectivity index is 0.953. The molecule has 2 aliphatic rings. The zero-order chi connectivity index (χ0) is 58.1. The first-order valence-corrected chi connectivity index (χ1v) is 29.6. The molecule has 4 aromatic heterocycles. The van der Waals surface area contributed by atoms with Gasteiger partial charge in [0.2, 0.25) is 5.69 Å². The minimum absolute atomic E-state index is 0.00894. The number of fused-ring (bicyclic) bond motifs is 13. The van der Waals surface area contributed by atoms with Gasteiger partial charge in [-0.1, -0.05) is 144 Å². The molecule has 6 heterocycles. The maximum Gasteiger partial charge on any atom is 0.260 e. The molecule has 0 N–H and O–H groups in total. The van der Waals surface area contributed by atoms with Gasteiger partial charge in [-0.05, 0) is 152 Å². The molecule has 410 valence electrons. The van der Waals surface area contributed by atoms with Gasteiger partial charge in [0.15, 0.2) is 12.4 Å². The van der Waals surface area contributed by atoms with Crippen molar-refractivity contribution in [2.75, 3.05) is 0 Å². The Morgan fingerprint density at radius 3 is 1.32 bits per heavy atom. The van der Waals surface area contributed by atoms with Crippen LogP contribution >= 0.6 is 0 Å². The largest absolute Gasteiger partial charge is 0.458 e. The lowest BCUT2D eigenvalue weighted by Crippen LogP contribution is -2.58. The fourth-order valence-corrected chi connectivity index (χ4v) is 13.4. The minimum atomic E-state index is -0.198. The lowest BCUT2D eigenvalue weighted by molar-refractivity contribution is -0.595. The second-order valence-electron chi connectivity index (χ2n) is 27.7. The summed E-state index contributed by atoms with van der Waals surface area (Å²) in [5.74, 6) is 3.30. The molecular weight excluding hydrogens is 1030 g/mol. The van der Waals surface area contributed by atoms with E-state index in [0.717, 1.165) is 101 Å². The molecule has 84 heavy (non-hydrogen) atoms. The van der Waals surface area contributed by atoms with E-state index in [2.05, 4.69) is 284 Å². The van der Waals surface area contributed by atoms with E-state index in [0.29, 0.717) is 5.56 Å². The quantitative estimate of drug-likeness (QED) is 0.130. The third-order valence-electron chi connectivity index (χ3n) is 18.1. The average molecular weight is 1090 g/mol. The number of pyridine rings is 1. The van der Waals surface area contributed by atoms with Gasteiger partial charge in [0.05, 0.1) is 44.7 Å². The van der Waals surface area contributed by atoms with Crippen molar-refractivity contribution < 1.29 is 14.0 Å². The van der Waals surface area contributed by atoms with Crippen molar-refractivity contribution in [3.8, 4) is 51.8 Å². The first-order valence-electron chi connectivity index (χ1n) is 29.6. The molecule has 0 spiro atoms. The van der Waals surface area contributed by atoms with Crippen LogP contribution in [-0.4, -0.2) is 20.4 Å². The van der Waals surface area contributed by atoms with Gasteiger partial charge in [0.25, 0.3) is 6.71 Å². The van der Waals surface area contributed by atoms with Crippen molar-refractivity contribution in [2.45, 2.75) is 105 Å². The second kappa shape index (κ2) is 17.8. The van der Waals surface area contributed by atoms with Crippen molar-refractivity contribution in [1.82, 2.24) is 13.7 Å². The first kappa shape index (κ1) is 51.6. The zero-order valence-electron chi connectivity index (χ0n) is 50.0. The molecule has 0 saturated carbocycles. The second-order valence-corrected chi connectivity index (χ2v) is 27.7. The summed E-state index contributed by atoms with van der Waals surface area (Å²) in [6.07, 6.45) is 4.53. The normalized spacial score (nSPS) is 13.4. The van der Waals surface area contributed by atoms with Gasteiger partial charge in [0.1, 0.15) is 34.4 Å². The fraction of sp³-hybridized carbons (Fsp3) is 0.211. The number of rotatable bonds is 4. The number of nitrogens with zero attached hydrogens (tertiary/aromatic N) is 5. The van der Waals surface area contributed by atoms with E-state index in [4.69, 9.17) is 9.47 Å². The maximum absolute atomic E-state index is 10.2. The fourth-order valence-electron chi connectivity index (χ4n) is 13.4. The Kier molecular flexibility index (Phi) is 11.0. The SMILES string of the molecule is CC(C)(C)c1cc2c3c(c1)Oc1ccc(-[n+]4cc(-n5c6ccccc6c6ccccc65)cc(-n5c6ccc(C#N)cc6c6cc(C(C)(C)C)ccc65)c4)cc1B3c1ccc(-n3c4ccc(C(C)(C)C)cc4c4cc(C(C)(C)C)ccc43)cc1O2. The molecule has 0 fully saturated rings. The maximum atomic E-state index is 10.2. The molecular formula is C76H67BN5O2+. The van der Waals surface area contributed by atoms with Crippen LogP contribution in [0.2, 0.25) is 0 Å². The van der Waals surface area contributed by atoms with Gasteiger partial charge >= 0.3 is 0 Å². The lowest BCUT2D eigenvalue weighted by Gasteiger charge is -2.34. The molecule has 2 aliphatic heterocycles. The first-order chi connectivity index (χ1) is 40.1. The van der Waals surface area contributed by atoms with E-state index in [9.17, 15) is 5.26 Å². The molecule has 0 radical (unpaired) electrons. The Labute approximate surface area is 491 Å². The van der Waals surface area contributed by atoms with Crippen LogP contribution in [0.4, 0.5) is 0 Å². The van der Waals surface area contributed by atoms with Crippen LogP contribution < -0.4 is 30.4 Å². The van der Waals surface area contributed by atoms with Crippen LogP contribution in [0.25, 0.3) is 88.2 Å². The molecule has 9 aromatic carbocycles. The third kappa shape index (κ3) is 7.96. The number of para-hydroxylation sites is 2. The number of aromatic nitrogens is 4. The van der Waals surface area contributed by atoms with Gasteiger partial charge in [0, 0.05) is 61.7 Å². The topological polar surface area (TPSA) is 60.9 Å². The zero-order valence-corrected chi connectivity index (χ0v) is 50.0. The molecule has 0 saturated heterocycles. The van der Waals surface area contributed by atoms with E-state index < -0.39 is 0 Å². The van der Waals surface area contributed by atoms with Crippen molar-refractivity contribution in [3.05, 3.63) is 216 Å². The average Bonchev–Trinajstić information content (AvgIpc) is 2.64. The monoisotopic (exact) mass is 1090 g/mol. The molecule has 0 atom stereocenters. The number of ether oxygens (including phenoxy) is 2. The highest BCUT2D eigenvalue weighted by molar-refractivity contribution is 6.98. The Morgan fingerprint density at radius 1 is 0.369 bits per heavy atom. The Hall–Kier alpha value is -9.32. The summed E-state index contributed by atoms with van der Waals surface area (Å²) in [4.78, 5) is 0. The highest BCUT2D eigenvalue weighted by atomic mass is 16.5.